The van der Waals surface area contributed by atoms with Gasteiger partial charge in [0.25, 0.3) is 0 Å². The minimum absolute atomic E-state index is 0.694. The van der Waals surface area contributed by atoms with Crippen molar-refractivity contribution in [3.8, 4) is 6.07 Å². The number of halogens is 1. The Balaban J connectivity index is 2.66. The van der Waals surface area contributed by atoms with Crippen LogP contribution >= 0.6 is 11.6 Å². The van der Waals surface area contributed by atoms with E-state index in [-0.39, 0.29) is 0 Å². The van der Waals surface area contributed by atoms with Crippen LogP contribution in [0.5, 0.6) is 0 Å². The molecule has 0 atom stereocenters. The van der Waals surface area contributed by atoms with Gasteiger partial charge in [-0.1, -0.05) is 48.0 Å². The molecule has 2 heteroatoms. The molecular formula is C13H8ClN. The molecule has 0 aliphatic rings. The second-order valence-electron chi connectivity index (χ2n) is 3.15. The number of fused-ring (bicyclic) bond motifs is 1. The minimum Gasteiger partial charge on any atom is -0.193 e. The number of nitrogens with zero attached hydrogens (tertiary/aromatic N) is 1. The van der Waals surface area contributed by atoms with Crippen molar-refractivity contribution in [1.82, 2.24) is 0 Å². The van der Waals surface area contributed by atoms with Crippen molar-refractivity contribution in [1.29, 1.82) is 5.26 Å². The van der Waals surface area contributed by atoms with Crippen LogP contribution in [0.3, 0.4) is 0 Å². The van der Waals surface area contributed by atoms with Crippen LogP contribution in [0.25, 0.3) is 16.8 Å². The average Bonchev–Trinajstić information content (AvgIpc) is 2.29. The number of nitriles is 1. The predicted molar refractivity (Wildman–Crippen MR) is 63.6 cm³/mol. The fraction of sp³-hybridized carbons (Fsp3) is 0. The topological polar surface area (TPSA) is 23.8 Å². The lowest BCUT2D eigenvalue weighted by Gasteiger charge is -2.03. The minimum atomic E-state index is 0.694. The van der Waals surface area contributed by atoms with E-state index in [9.17, 15) is 0 Å². The van der Waals surface area contributed by atoms with Crippen molar-refractivity contribution in [2.75, 3.05) is 0 Å². The maximum atomic E-state index is 8.45. The van der Waals surface area contributed by atoms with E-state index in [4.69, 9.17) is 16.9 Å². The van der Waals surface area contributed by atoms with Gasteiger partial charge in [-0.25, -0.2) is 0 Å². The first-order chi connectivity index (χ1) is 7.33. The summed E-state index contributed by atoms with van der Waals surface area (Å²) >= 11 is 6.22. The molecule has 0 aromatic heterocycles. The quantitative estimate of drug-likeness (QED) is 0.656. The predicted octanol–water partition coefficient (Wildman–Crippen LogP) is 4.03. The molecule has 72 valence electrons. The Bertz CT molecular complexity index is 564. The Morgan fingerprint density at radius 3 is 2.73 bits per heavy atom. The molecule has 0 unspecified atom stereocenters. The fourth-order valence-electron chi connectivity index (χ4n) is 1.51. The maximum absolute atomic E-state index is 8.45. The van der Waals surface area contributed by atoms with E-state index in [2.05, 4.69) is 0 Å². The van der Waals surface area contributed by atoms with E-state index in [1.165, 1.54) is 6.08 Å². The summed E-state index contributed by atoms with van der Waals surface area (Å²) in [6.07, 6.45) is 3.14. The molecule has 0 fully saturated rings. The van der Waals surface area contributed by atoms with E-state index in [0.717, 1.165) is 16.3 Å². The highest BCUT2D eigenvalue weighted by Gasteiger charge is 2.01. The molecule has 2 aromatic rings. The largest absolute Gasteiger partial charge is 0.193 e. The van der Waals surface area contributed by atoms with Gasteiger partial charge in [0.05, 0.1) is 11.1 Å². The molecule has 0 saturated carbocycles. The smallest absolute Gasteiger partial charge is 0.0912 e. The molecule has 0 saturated heterocycles. The summed E-state index contributed by atoms with van der Waals surface area (Å²) in [4.78, 5) is 0. The molecule has 0 heterocycles. The van der Waals surface area contributed by atoms with Crippen LogP contribution in [-0.4, -0.2) is 0 Å². The molecular weight excluding hydrogens is 206 g/mol. The molecule has 0 aliphatic heterocycles. The van der Waals surface area contributed by atoms with Gasteiger partial charge < -0.3 is 0 Å². The highest BCUT2D eigenvalue weighted by Crippen LogP contribution is 2.27. The van der Waals surface area contributed by atoms with Gasteiger partial charge in [-0.2, -0.15) is 5.26 Å². The Hall–Kier alpha value is -1.78. The lowest BCUT2D eigenvalue weighted by atomic mass is 10.1. The Labute approximate surface area is 93.2 Å². The van der Waals surface area contributed by atoms with E-state index in [1.54, 1.807) is 6.08 Å². The zero-order valence-electron chi connectivity index (χ0n) is 7.94. The fourth-order valence-corrected chi connectivity index (χ4v) is 1.80. The van der Waals surface area contributed by atoms with Crippen molar-refractivity contribution in [3.05, 3.63) is 53.1 Å². The molecule has 1 nitrogen and oxygen atoms in total. The van der Waals surface area contributed by atoms with Gasteiger partial charge in [0.1, 0.15) is 0 Å². The van der Waals surface area contributed by atoms with Crippen LogP contribution in [0, 0.1) is 11.3 Å². The highest BCUT2D eigenvalue weighted by molar-refractivity contribution is 6.37. The van der Waals surface area contributed by atoms with Gasteiger partial charge in [0.2, 0.25) is 0 Å². The van der Waals surface area contributed by atoms with Crippen LogP contribution in [0.15, 0.2) is 42.5 Å². The third-order valence-corrected chi connectivity index (χ3v) is 2.65. The average molecular weight is 214 g/mol. The first-order valence-electron chi connectivity index (χ1n) is 4.56. The van der Waals surface area contributed by atoms with Gasteiger partial charge in [-0.15, -0.1) is 0 Å². The molecule has 0 amide bonds. The van der Waals surface area contributed by atoms with Crippen molar-refractivity contribution in [2.45, 2.75) is 0 Å². The summed E-state index contributed by atoms with van der Waals surface area (Å²) < 4.78 is 0. The standard InChI is InChI=1S/C13H8ClN/c14-13-11(5-3-9-15)8-7-10-4-1-2-6-12(10)13/h1-8H. The zero-order chi connectivity index (χ0) is 10.7. The van der Waals surface area contributed by atoms with Gasteiger partial charge in [-0.3, -0.25) is 0 Å². The van der Waals surface area contributed by atoms with Crippen LogP contribution in [0.2, 0.25) is 5.02 Å². The lowest BCUT2D eigenvalue weighted by molar-refractivity contribution is 1.54. The van der Waals surface area contributed by atoms with Gasteiger partial charge in [-0.05, 0) is 17.0 Å². The monoisotopic (exact) mass is 213 g/mol. The van der Waals surface area contributed by atoms with E-state index < -0.39 is 0 Å². The van der Waals surface area contributed by atoms with E-state index in [0.29, 0.717) is 5.02 Å². The SMILES string of the molecule is N#CC=Cc1ccc2ccccc2c1Cl. The van der Waals surface area contributed by atoms with Crippen LogP contribution < -0.4 is 0 Å². The number of hydrogen-bond acceptors (Lipinski definition) is 1. The normalized spacial score (nSPS) is 10.7. The zero-order valence-corrected chi connectivity index (χ0v) is 8.70. The van der Waals surface area contributed by atoms with E-state index >= 15 is 0 Å². The molecule has 0 spiro atoms. The summed E-state index contributed by atoms with van der Waals surface area (Å²) in [5, 5.41) is 11.3. The second-order valence-corrected chi connectivity index (χ2v) is 3.53. The van der Waals surface area contributed by atoms with Crippen molar-refractivity contribution in [2.24, 2.45) is 0 Å². The molecule has 2 rings (SSSR count). The Morgan fingerprint density at radius 2 is 1.93 bits per heavy atom. The van der Waals surface area contributed by atoms with E-state index in [1.807, 2.05) is 42.5 Å². The number of benzene rings is 2. The first-order valence-corrected chi connectivity index (χ1v) is 4.94. The summed E-state index contributed by atoms with van der Waals surface area (Å²) in [5.41, 5.74) is 0.872. The summed E-state index contributed by atoms with van der Waals surface area (Å²) in [6, 6.07) is 13.8. The van der Waals surface area contributed by atoms with Crippen molar-refractivity contribution < 1.29 is 0 Å². The molecule has 0 aliphatic carbocycles. The first kappa shape index (κ1) is 9.76. The van der Waals surface area contributed by atoms with Crippen molar-refractivity contribution >= 4 is 28.4 Å². The van der Waals surface area contributed by atoms with Crippen molar-refractivity contribution in [3.63, 3.8) is 0 Å². The molecule has 0 N–H and O–H groups in total. The molecule has 2 aromatic carbocycles. The Kier molecular flexibility index (Phi) is 2.71. The highest BCUT2D eigenvalue weighted by atomic mass is 35.5. The number of hydrogen-bond donors (Lipinski definition) is 0. The van der Waals surface area contributed by atoms with Gasteiger partial charge in [0, 0.05) is 11.5 Å². The molecule has 0 radical (unpaired) electrons. The summed E-state index contributed by atoms with van der Waals surface area (Å²) in [7, 11) is 0. The number of allylic oxidation sites excluding steroid dienone is 1. The second kappa shape index (κ2) is 4.16. The lowest BCUT2D eigenvalue weighted by Crippen LogP contribution is -1.78. The summed E-state index contributed by atoms with van der Waals surface area (Å²) in [6.45, 7) is 0. The molecule has 15 heavy (non-hydrogen) atoms. The third kappa shape index (κ3) is 1.86. The van der Waals surface area contributed by atoms with Crippen LogP contribution in [0.4, 0.5) is 0 Å². The van der Waals surface area contributed by atoms with Gasteiger partial charge >= 0.3 is 0 Å². The maximum Gasteiger partial charge on any atom is 0.0912 e. The third-order valence-electron chi connectivity index (χ3n) is 2.23. The Morgan fingerprint density at radius 1 is 1.13 bits per heavy atom. The van der Waals surface area contributed by atoms with Crippen LogP contribution in [0.1, 0.15) is 5.56 Å². The summed E-state index contributed by atoms with van der Waals surface area (Å²) in [5.74, 6) is 0. The molecule has 0 bridgehead atoms. The van der Waals surface area contributed by atoms with Crippen LogP contribution in [-0.2, 0) is 0 Å². The number of rotatable bonds is 1. The van der Waals surface area contributed by atoms with Gasteiger partial charge in [0.15, 0.2) is 0 Å².